The zero-order valence-corrected chi connectivity index (χ0v) is 9.75. The second-order valence-corrected chi connectivity index (χ2v) is 3.98. The van der Waals surface area contributed by atoms with E-state index in [1.54, 1.807) is 0 Å². The van der Waals surface area contributed by atoms with Crippen LogP contribution in [-0.2, 0) is 4.79 Å². The van der Waals surface area contributed by atoms with Gasteiger partial charge < -0.3 is 10.0 Å². The number of hydrogen-bond donors (Lipinski definition) is 1. The minimum atomic E-state index is -0.744. The molecule has 0 saturated carbocycles. The van der Waals surface area contributed by atoms with Crippen LogP contribution in [-0.4, -0.2) is 34.4 Å². The molecule has 0 radical (unpaired) electrons. The molecule has 3 nitrogen and oxygen atoms in total. The zero-order chi connectivity index (χ0) is 10.6. The fraction of sp³-hybridized carbons (Fsp3) is 0.500. The molecule has 0 aliphatic carbocycles. The smallest absolute Gasteiger partial charge is 0.305 e. The number of alkyl halides is 1. The van der Waals surface area contributed by atoms with E-state index in [1.165, 1.54) is 11.1 Å². The molecule has 1 aliphatic rings. The van der Waals surface area contributed by atoms with E-state index in [-0.39, 0.29) is 6.42 Å². The van der Waals surface area contributed by atoms with Gasteiger partial charge in [-0.2, -0.15) is 0 Å². The molecule has 0 atom stereocenters. The first kappa shape index (κ1) is 11.3. The third-order valence-corrected chi connectivity index (χ3v) is 2.73. The monoisotopic (exact) mass is 259 g/mol. The third kappa shape index (κ3) is 3.54. The van der Waals surface area contributed by atoms with Crippen LogP contribution >= 0.6 is 15.9 Å². The average Bonchev–Trinajstić information content (AvgIpc) is 2.14. The van der Waals surface area contributed by atoms with Crippen LogP contribution in [0, 0.1) is 0 Å². The van der Waals surface area contributed by atoms with Crippen molar-refractivity contribution in [1.29, 1.82) is 0 Å². The van der Waals surface area contributed by atoms with Crippen LogP contribution in [0.15, 0.2) is 23.4 Å². The number of aliphatic carboxylic acids is 1. The summed E-state index contributed by atoms with van der Waals surface area (Å²) in [5, 5.41) is 9.41. The summed E-state index contributed by atoms with van der Waals surface area (Å²) in [4.78, 5) is 12.4. The summed E-state index contributed by atoms with van der Waals surface area (Å²) in [5.41, 5.74) is 2.46. The summed E-state index contributed by atoms with van der Waals surface area (Å²) in [7, 11) is 0. The number of carboxylic acid groups (broad SMARTS) is 1. The van der Waals surface area contributed by atoms with Gasteiger partial charge in [0.2, 0.25) is 0 Å². The molecular weight excluding hydrogens is 246 g/mol. The SMILES string of the molecule is CC1=CN(CCC(=O)O)CC(CBr)=C1. The number of carboxylic acids is 1. The van der Waals surface area contributed by atoms with E-state index in [9.17, 15) is 4.79 Å². The van der Waals surface area contributed by atoms with Crippen LogP contribution in [0.25, 0.3) is 0 Å². The summed E-state index contributed by atoms with van der Waals surface area (Å²) < 4.78 is 0. The van der Waals surface area contributed by atoms with Crippen molar-refractivity contribution in [1.82, 2.24) is 4.90 Å². The predicted molar refractivity (Wildman–Crippen MR) is 59.5 cm³/mol. The molecule has 0 fully saturated rings. The van der Waals surface area contributed by atoms with Crippen molar-refractivity contribution in [2.45, 2.75) is 13.3 Å². The highest BCUT2D eigenvalue weighted by Crippen LogP contribution is 2.15. The zero-order valence-electron chi connectivity index (χ0n) is 8.16. The Balaban J connectivity index is 2.50. The Morgan fingerprint density at radius 2 is 2.43 bits per heavy atom. The van der Waals surface area contributed by atoms with E-state index in [0.29, 0.717) is 6.54 Å². The number of rotatable bonds is 4. The first-order valence-corrected chi connectivity index (χ1v) is 5.63. The van der Waals surface area contributed by atoms with Crippen molar-refractivity contribution in [3.63, 3.8) is 0 Å². The number of allylic oxidation sites excluding steroid dienone is 2. The summed E-state index contributed by atoms with van der Waals surface area (Å²) >= 11 is 3.41. The number of nitrogens with zero attached hydrogens (tertiary/aromatic N) is 1. The molecule has 1 aliphatic heterocycles. The van der Waals surface area contributed by atoms with Gasteiger partial charge >= 0.3 is 5.97 Å². The molecule has 0 aromatic carbocycles. The van der Waals surface area contributed by atoms with E-state index in [4.69, 9.17) is 5.11 Å². The highest BCUT2D eigenvalue weighted by molar-refractivity contribution is 9.09. The maximum absolute atomic E-state index is 10.4. The molecule has 0 spiro atoms. The first-order valence-electron chi connectivity index (χ1n) is 4.51. The van der Waals surface area contributed by atoms with E-state index in [0.717, 1.165) is 11.9 Å². The molecule has 0 bridgehead atoms. The Hall–Kier alpha value is -0.770. The fourth-order valence-corrected chi connectivity index (χ4v) is 1.80. The summed E-state index contributed by atoms with van der Waals surface area (Å²) in [6, 6.07) is 0. The molecule has 78 valence electrons. The van der Waals surface area contributed by atoms with Crippen LogP contribution in [0.4, 0.5) is 0 Å². The van der Waals surface area contributed by atoms with E-state index in [1.807, 2.05) is 18.0 Å². The Bertz CT molecular complexity index is 284. The fourth-order valence-electron chi connectivity index (χ4n) is 1.46. The highest BCUT2D eigenvalue weighted by atomic mass is 79.9. The topological polar surface area (TPSA) is 40.5 Å². The van der Waals surface area contributed by atoms with Crippen LogP contribution in [0.2, 0.25) is 0 Å². The van der Waals surface area contributed by atoms with E-state index in [2.05, 4.69) is 22.0 Å². The third-order valence-electron chi connectivity index (χ3n) is 2.01. The van der Waals surface area contributed by atoms with Gasteiger partial charge in [-0.15, -0.1) is 0 Å². The van der Waals surface area contributed by atoms with Gasteiger partial charge in [0.25, 0.3) is 0 Å². The lowest BCUT2D eigenvalue weighted by Crippen LogP contribution is -2.26. The second-order valence-electron chi connectivity index (χ2n) is 3.42. The Morgan fingerprint density at radius 1 is 1.71 bits per heavy atom. The van der Waals surface area contributed by atoms with Gasteiger partial charge in [-0.25, -0.2) is 0 Å². The van der Waals surface area contributed by atoms with Gasteiger partial charge in [0, 0.05) is 24.6 Å². The molecule has 4 heteroatoms. The van der Waals surface area contributed by atoms with E-state index < -0.39 is 5.97 Å². The lowest BCUT2D eigenvalue weighted by atomic mass is 10.1. The van der Waals surface area contributed by atoms with Gasteiger partial charge in [-0.1, -0.05) is 22.0 Å². The van der Waals surface area contributed by atoms with Crippen molar-refractivity contribution in [3.05, 3.63) is 23.4 Å². The molecule has 14 heavy (non-hydrogen) atoms. The lowest BCUT2D eigenvalue weighted by Gasteiger charge is -2.25. The van der Waals surface area contributed by atoms with Crippen LogP contribution in [0.3, 0.4) is 0 Å². The Labute approximate surface area is 92.2 Å². The standard InChI is InChI=1S/C10H14BrNO2/c1-8-4-9(5-11)7-12(6-8)3-2-10(13)14/h4,6H,2-3,5,7H2,1H3,(H,13,14). The minimum absolute atomic E-state index is 0.194. The molecule has 1 rings (SSSR count). The largest absolute Gasteiger partial charge is 0.481 e. The first-order chi connectivity index (χ1) is 6.61. The van der Waals surface area contributed by atoms with Crippen molar-refractivity contribution < 1.29 is 9.90 Å². The van der Waals surface area contributed by atoms with Crippen molar-refractivity contribution in [3.8, 4) is 0 Å². The molecule has 1 heterocycles. The molecule has 0 unspecified atom stereocenters. The summed E-state index contributed by atoms with van der Waals surface area (Å²) in [5.74, 6) is -0.744. The molecule has 1 N–H and O–H groups in total. The van der Waals surface area contributed by atoms with E-state index >= 15 is 0 Å². The number of halogens is 1. The average molecular weight is 260 g/mol. The van der Waals surface area contributed by atoms with Crippen LogP contribution in [0.5, 0.6) is 0 Å². The lowest BCUT2D eigenvalue weighted by molar-refractivity contribution is -0.137. The van der Waals surface area contributed by atoms with Gasteiger partial charge in [-0.05, 0) is 18.1 Å². The number of carbonyl (C=O) groups is 1. The van der Waals surface area contributed by atoms with Gasteiger partial charge in [0.15, 0.2) is 0 Å². The summed E-state index contributed by atoms with van der Waals surface area (Å²) in [6.07, 6.45) is 4.33. The van der Waals surface area contributed by atoms with Crippen LogP contribution < -0.4 is 0 Å². The maximum Gasteiger partial charge on any atom is 0.305 e. The van der Waals surface area contributed by atoms with Crippen molar-refractivity contribution in [2.75, 3.05) is 18.4 Å². The molecule has 0 amide bonds. The molecule has 0 aromatic heterocycles. The van der Waals surface area contributed by atoms with Gasteiger partial charge in [0.1, 0.15) is 0 Å². The molecular formula is C10H14BrNO2. The molecule has 0 saturated heterocycles. The Morgan fingerprint density at radius 3 is 3.00 bits per heavy atom. The molecule has 0 aromatic rings. The highest BCUT2D eigenvalue weighted by Gasteiger charge is 2.10. The normalized spacial score (nSPS) is 16.3. The number of hydrogen-bond acceptors (Lipinski definition) is 2. The van der Waals surface area contributed by atoms with Crippen molar-refractivity contribution >= 4 is 21.9 Å². The maximum atomic E-state index is 10.4. The minimum Gasteiger partial charge on any atom is -0.481 e. The quantitative estimate of drug-likeness (QED) is 0.786. The Kier molecular flexibility index (Phi) is 4.20. The van der Waals surface area contributed by atoms with Gasteiger partial charge in [0.05, 0.1) is 6.42 Å². The van der Waals surface area contributed by atoms with Gasteiger partial charge in [-0.3, -0.25) is 4.79 Å². The predicted octanol–water partition coefficient (Wildman–Crippen LogP) is 2.00. The van der Waals surface area contributed by atoms with Crippen molar-refractivity contribution in [2.24, 2.45) is 0 Å². The summed E-state index contributed by atoms with van der Waals surface area (Å²) in [6.45, 7) is 3.43. The second kappa shape index (κ2) is 5.20. The van der Waals surface area contributed by atoms with Crippen LogP contribution in [0.1, 0.15) is 13.3 Å².